The van der Waals surface area contributed by atoms with E-state index >= 15 is 0 Å². The van der Waals surface area contributed by atoms with Crippen LogP contribution in [0.1, 0.15) is 28.3 Å². The molecule has 1 unspecified atom stereocenters. The van der Waals surface area contributed by atoms with E-state index in [-0.39, 0.29) is 0 Å². The maximum Gasteiger partial charge on any atom is 0.338 e. The quantitative estimate of drug-likeness (QED) is 0.509. The smallest absolute Gasteiger partial charge is 0.338 e. The predicted octanol–water partition coefficient (Wildman–Crippen LogP) is 4.52. The lowest BCUT2D eigenvalue weighted by molar-refractivity contribution is -0.136. The van der Waals surface area contributed by atoms with E-state index in [9.17, 15) is 9.59 Å². The van der Waals surface area contributed by atoms with Crippen LogP contribution in [-0.2, 0) is 16.1 Å². The van der Waals surface area contributed by atoms with Gasteiger partial charge in [0, 0.05) is 0 Å². The molecule has 0 saturated carbocycles. The molecule has 0 bridgehead atoms. The lowest BCUT2D eigenvalue weighted by atomic mass is 9.92. The molecule has 7 nitrogen and oxygen atoms in total. The first-order valence-electron chi connectivity index (χ1n) is 10.8. The number of carbonyl (C=O) groups is 2. The lowest BCUT2D eigenvalue weighted by Gasteiger charge is -2.29. The second-order valence-corrected chi connectivity index (χ2v) is 7.86. The monoisotopic (exact) mass is 458 g/mol. The zero-order valence-corrected chi connectivity index (χ0v) is 19.3. The minimum absolute atomic E-state index is 0.294. The summed E-state index contributed by atoms with van der Waals surface area (Å²) in [6.45, 7) is 2.37. The van der Waals surface area contributed by atoms with Crippen LogP contribution in [0.2, 0.25) is 0 Å². The number of esters is 1. The van der Waals surface area contributed by atoms with Crippen molar-refractivity contribution in [3.63, 3.8) is 0 Å². The summed E-state index contributed by atoms with van der Waals surface area (Å²) in [5.74, 6) is 0.496. The molecular formula is C27H26N2O5. The van der Waals surface area contributed by atoms with E-state index in [1.54, 1.807) is 25.3 Å². The number of rotatable bonds is 7. The van der Waals surface area contributed by atoms with E-state index in [2.05, 4.69) is 10.6 Å². The Kier molecular flexibility index (Phi) is 6.82. The largest absolute Gasteiger partial charge is 0.493 e. The molecule has 0 radical (unpaired) electrons. The fourth-order valence-corrected chi connectivity index (χ4v) is 3.81. The van der Waals surface area contributed by atoms with Gasteiger partial charge in [-0.1, -0.05) is 66.2 Å². The number of methoxy groups -OCH3 is 2. The van der Waals surface area contributed by atoms with Gasteiger partial charge in [-0.3, -0.25) is 0 Å². The number of benzene rings is 3. The van der Waals surface area contributed by atoms with Crippen molar-refractivity contribution in [3.8, 4) is 11.5 Å². The third kappa shape index (κ3) is 4.88. The van der Waals surface area contributed by atoms with Crippen molar-refractivity contribution in [1.82, 2.24) is 10.6 Å². The molecule has 4 rings (SSSR count). The highest BCUT2D eigenvalue weighted by molar-refractivity contribution is 6.04. The van der Waals surface area contributed by atoms with E-state index < -0.39 is 18.0 Å². The van der Waals surface area contributed by atoms with Crippen LogP contribution in [0.4, 0.5) is 4.79 Å². The average molecular weight is 459 g/mol. The SMILES string of the molecule is COC(=O)C1=C(c2ccccc2)NC(=O)NC1c1ccc(OC)c(OCc2ccc(C)cc2)c1. The number of hydrogen-bond acceptors (Lipinski definition) is 5. The molecule has 3 aromatic rings. The summed E-state index contributed by atoms with van der Waals surface area (Å²) in [7, 11) is 2.88. The summed E-state index contributed by atoms with van der Waals surface area (Å²) >= 11 is 0. The second-order valence-electron chi connectivity index (χ2n) is 7.86. The first kappa shape index (κ1) is 22.9. The lowest BCUT2D eigenvalue weighted by Crippen LogP contribution is -2.45. The van der Waals surface area contributed by atoms with Crippen LogP contribution < -0.4 is 20.1 Å². The van der Waals surface area contributed by atoms with Crippen molar-refractivity contribution < 1.29 is 23.8 Å². The number of carbonyl (C=O) groups excluding carboxylic acids is 2. The van der Waals surface area contributed by atoms with Crippen molar-refractivity contribution in [2.45, 2.75) is 19.6 Å². The number of ether oxygens (including phenoxy) is 3. The summed E-state index contributed by atoms with van der Waals surface area (Å²) in [5, 5.41) is 5.60. The van der Waals surface area contributed by atoms with Crippen LogP contribution in [0, 0.1) is 6.92 Å². The van der Waals surface area contributed by atoms with Gasteiger partial charge in [0.15, 0.2) is 11.5 Å². The van der Waals surface area contributed by atoms with E-state index in [0.717, 1.165) is 5.56 Å². The van der Waals surface area contributed by atoms with Crippen LogP contribution in [0.15, 0.2) is 78.4 Å². The Morgan fingerprint density at radius 2 is 1.68 bits per heavy atom. The van der Waals surface area contributed by atoms with Gasteiger partial charge in [-0.25, -0.2) is 9.59 Å². The molecule has 0 saturated heterocycles. The number of hydrogen-bond donors (Lipinski definition) is 2. The molecule has 0 fully saturated rings. The fourth-order valence-electron chi connectivity index (χ4n) is 3.81. The number of amides is 2. The molecule has 7 heteroatoms. The normalized spacial score (nSPS) is 15.3. The van der Waals surface area contributed by atoms with E-state index in [1.807, 2.05) is 61.5 Å². The molecule has 0 aromatic heterocycles. The Morgan fingerprint density at radius 1 is 0.941 bits per heavy atom. The Balaban J connectivity index is 1.73. The first-order chi connectivity index (χ1) is 16.5. The van der Waals surface area contributed by atoms with Gasteiger partial charge < -0.3 is 24.8 Å². The average Bonchev–Trinajstić information content (AvgIpc) is 2.87. The Morgan fingerprint density at radius 3 is 2.35 bits per heavy atom. The summed E-state index contributed by atoms with van der Waals surface area (Å²) in [5.41, 5.74) is 4.23. The van der Waals surface area contributed by atoms with Crippen molar-refractivity contribution in [3.05, 3.63) is 101 Å². The second kappa shape index (κ2) is 10.1. The highest BCUT2D eigenvalue weighted by atomic mass is 16.5. The van der Waals surface area contributed by atoms with Crippen LogP contribution in [0.25, 0.3) is 5.70 Å². The Labute approximate surface area is 198 Å². The summed E-state index contributed by atoms with van der Waals surface area (Å²) in [6, 6.07) is 21.4. The third-order valence-corrected chi connectivity index (χ3v) is 5.58. The number of nitrogens with one attached hydrogen (secondary N) is 2. The molecule has 2 N–H and O–H groups in total. The van der Waals surface area contributed by atoms with Crippen molar-refractivity contribution in [1.29, 1.82) is 0 Å². The maximum absolute atomic E-state index is 12.9. The topological polar surface area (TPSA) is 85.9 Å². The minimum atomic E-state index is -0.746. The molecule has 1 heterocycles. The fraction of sp³-hybridized carbons (Fsp3) is 0.185. The molecule has 3 aromatic carbocycles. The standard InChI is InChI=1S/C27H26N2O5/c1-17-9-11-18(12-10-17)16-34-22-15-20(13-14-21(22)32-2)25-23(26(30)33-3)24(28-27(31)29-25)19-7-5-4-6-8-19/h4-15,25H,16H2,1-3H3,(H2,28,29,31). The van der Waals surface area contributed by atoms with Crippen molar-refractivity contribution >= 4 is 17.7 Å². The zero-order valence-electron chi connectivity index (χ0n) is 19.3. The summed E-state index contributed by atoms with van der Waals surface area (Å²) in [4.78, 5) is 25.4. The summed E-state index contributed by atoms with van der Waals surface area (Å²) in [6.07, 6.45) is 0. The van der Waals surface area contributed by atoms with Gasteiger partial charge in [-0.2, -0.15) is 0 Å². The van der Waals surface area contributed by atoms with Gasteiger partial charge in [0.1, 0.15) is 6.61 Å². The van der Waals surface area contributed by atoms with Crippen LogP contribution in [0.5, 0.6) is 11.5 Å². The molecule has 34 heavy (non-hydrogen) atoms. The molecule has 1 aliphatic heterocycles. The highest BCUT2D eigenvalue weighted by Crippen LogP contribution is 2.36. The molecule has 1 atom stereocenters. The molecular weight excluding hydrogens is 432 g/mol. The molecule has 0 aliphatic carbocycles. The highest BCUT2D eigenvalue weighted by Gasteiger charge is 2.34. The molecule has 0 spiro atoms. The first-order valence-corrected chi connectivity index (χ1v) is 10.8. The Hall–Kier alpha value is -4.26. The van der Waals surface area contributed by atoms with E-state index in [1.165, 1.54) is 12.7 Å². The van der Waals surface area contributed by atoms with Crippen LogP contribution in [-0.4, -0.2) is 26.2 Å². The molecule has 1 aliphatic rings. The minimum Gasteiger partial charge on any atom is -0.493 e. The number of aryl methyl sites for hydroxylation is 1. The van der Waals surface area contributed by atoms with Gasteiger partial charge in [0.2, 0.25) is 0 Å². The van der Waals surface area contributed by atoms with Crippen LogP contribution >= 0.6 is 0 Å². The van der Waals surface area contributed by atoms with Crippen molar-refractivity contribution in [2.24, 2.45) is 0 Å². The molecule has 174 valence electrons. The van der Waals surface area contributed by atoms with E-state index in [4.69, 9.17) is 14.2 Å². The van der Waals surface area contributed by atoms with Crippen molar-refractivity contribution in [2.75, 3.05) is 14.2 Å². The maximum atomic E-state index is 12.9. The van der Waals surface area contributed by atoms with Gasteiger partial charge in [0.25, 0.3) is 0 Å². The van der Waals surface area contributed by atoms with Crippen LogP contribution in [0.3, 0.4) is 0 Å². The van der Waals surface area contributed by atoms with Gasteiger partial charge in [-0.05, 0) is 35.7 Å². The molecule has 2 amide bonds. The zero-order chi connectivity index (χ0) is 24.1. The van der Waals surface area contributed by atoms with Gasteiger partial charge >= 0.3 is 12.0 Å². The van der Waals surface area contributed by atoms with E-state index in [0.29, 0.717) is 40.5 Å². The third-order valence-electron chi connectivity index (χ3n) is 5.58. The summed E-state index contributed by atoms with van der Waals surface area (Å²) < 4.78 is 16.6. The van der Waals surface area contributed by atoms with Gasteiger partial charge in [0.05, 0.1) is 31.5 Å². The van der Waals surface area contributed by atoms with Gasteiger partial charge in [-0.15, -0.1) is 0 Å². The Bertz CT molecular complexity index is 1220. The predicted molar refractivity (Wildman–Crippen MR) is 128 cm³/mol. The number of urea groups is 1.